The second-order valence-corrected chi connectivity index (χ2v) is 3.95. The zero-order valence-corrected chi connectivity index (χ0v) is 8.25. The molecule has 0 amide bonds. The molecule has 1 heterocycles. The van der Waals surface area contributed by atoms with Gasteiger partial charge in [-0.15, -0.1) is 0 Å². The fourth-order valence-corrected chi connectivity index (χ4v) is 2.22. The van der Waals surface area contributed by atoms with Crippen LogP contribution in [0.2, 0.25) is 0 Å². The van der Waals surface area contributed by atoms with Crippen molar-refractivity contribution in [2.75, 3.05) is 6.54 Å². The van der Waals surface area contributed by atoms with E-state index >= 15 is 0 Å². The quantitative estimate of drug-likeness (QED) is 0.746. The van der Waals surface area contributed by atoms with Crippen molar-refractivity contribution in [2.24, 2.45) is 4.99 Å². The average Bonchev–Trinajstić information content (AvgIpc) is 2.58. The van der Waals surface area contributed by atoms with E-state index in [1.165, 1.54) is 29.7 Å². The monoisotopic (exact) mass is 193 g/mol. The van der Waals surface area contributed by atoms with Crippen molar-refractivity contribution in [1.82, 2.24) is 0 Å². The Kier molecular flexibility index (Phi) is 2.66. The van der Waals surface area contributed by atoms with Gasteiger partial charge in [0.15, 0.2) is 0 Å². The van der Waals surface area contributed by atoms with E-state index in [-0.39, 0.29) is 6.42 Å². The number of rotatable bonds is 3. The number of hydrogen-bond acceptors (Lipinski definition) is 2. The van der Waals surface area contributed by atoms with Crippen molar-refractivity contribution in [3.8, 4) is 0 Å². The fourth-order valence-electron chi connectivity index (χ4n) is 2.22. The summed E-state index contributed by atoms with van der Waals surface area (Å²) >= 11 is 0. The average molecular weight is 193 g/mol. The van der Waals surface area contributed by atoms with Crippen LogP contribution in [0.3, 0.4) is 0 Å². The topological polar surface area (TPSA) is 49.7 Å². The lowest BCUT2D eigenvalue weighted by Crippen LogP contribution is -2.07. The van der Waals surface area contributed by atoms with Crippen LogP contribution in [-0.2, 0) is 4.79 Å². The summed E-state index contributed by atoms with van der Waals surface area (Å²) in [5, 5.41) is 8.61. The molecular formula is C11H15NO2. The number of carbonyl (C=O) groups is 1. The van der Waals surface area contributed by atoms with Gasteiger partial charge in [-0.25, -0.2) is 0 Å². The number of hydrogen-bond donors (Lipinski definition) is 1. The highest BCUT2D eigenvalue weighted by molar-refractivity contribution is 6.03. The fraction of sp³-hybridized carbons (Fsp3) is 0.636. The Bertz CT molecular complexity index is 315. The molecule has 0 aromatic heterocycles. The Hall–Kier alpha value is -1.12. The van der Waals surface area contributed by atoms with E-state index in [0.29, 0.717) is 6.42 Å². The molecule has 3 heteroatoms. The van der Waals surface area contributed by atoms with Crippen molar-refractivity contribution in [2.45, 2.75) is 38.5 Å². The molecule has 0 spiro atoms. The highest BCUT2D eigenvalue weighted by atomic mass is 16.4. The minimum atomic E-state index is -0.706. The minimum absolute atomic E-state index is 0.252. The van der Waals surface area contributed by atoms with Crippen LogP contribution in [0.4, 0.5) is 0 Å². The van der Waals surface area contributed by atoms with Crippen LogP contribution in [0.25, 0.3) is 0 Å². The van der Waals surface area contributed by atoms with Gasteiger partial charge in [0.25, 0.3) is 0 Å². The number of carboxylic acid groups (broad SMARTS) is 1. The van der Waals surface area contributed by atoms with Gasteiger partial charge in [-0.05, 0) is 43.3 Å². The van der Waals surface area contributed by atoms with Crippen LogP contribution < -0.4 is 0 Å². The first kappa shape index (κ1) is 9.44. The van der Waals surface area contributed by atoms with Gasteiger partial charge in [0.2, 0.25) is 0 Å². The number of aliphatic imine (C=N–C) groups is 1. The Balaban J connectivity index is 2.02. The summed E-state index contributed by atoms with van der Waals surface area (Å²) in [6.45, 7) is 0.762. The molecule has 1 aliphatic heterocycles. The number of nitrogens with zero attached hydrogens (tertiary/aromatic N) is 1. The first-order valence-corrected chi connectivity index (χ1v) is 5.24. The van der Waals surface area contributed by atoms with E-state index < -0.39 is 5.97 Å². The summed E-state index contributed by atoms with van der Waals surface area (Å²) < 4.78 is 0. The molecule has 0 aromatic carbocycles. The molecule has 0 saturated heterocycles. The van der Waals surface area contributed by atoms with Gasteiger partial charge in [-0.3, -0.25) is 9.79 Å². The van der Waals surface area contributed by atoms with Gasteiger partial charge < -0.3 is 5.11 Å². The number of carboxylic acids is 1. The van der Waals surface area contributed by atoms with Crippen LogP contribution in [0.15, 0.2) is 16.1 Å². The Labute approximate surface area is 83.5 Å². The summed E-state index contributed by atoms with van der Waals surface area (Å²) in [7, 11) is 0. The maximum Gasteiger partial charge on any atom is 0.303 e. The molecule has 0 bridgehead atoms. The lowest BCUT2D eigenvalue weighted by Gasteiger charge is -2.14. The predicted molar refractivity (Wildman–Crippen MR) is 54.7 cm³/mol. The smallest absolute Gasteiger partial charge is 0.303 e. The molecule has 1 saturated carbocycles. The molecule has 1 aliphatic carbocycles. The van der Waals surface area contributed by atoms with E-state index in [1.54, 1.807) is 0 Å². The van der Waals surface area contributed by atoms with Crippen molar-refractivity contribution in [1.29, 1.82) is 0 Å². The third-order valence-corrected chi connectivity index (χ3v) is 2.97. The summed E-state index contributed by atoms with van der Waals surface area (Å²) in [5.74, 6) is -0.706. The lowest BCUT2D eigenvalue weighted by atomic mass is 9.90. The minimum Gasteiger partial charge on any atom is -0.481 e. The number of aliphatic carboxylic acids is 1. The third-order valence-electron chi connectivity index (χ3n) is 2.97. The van der Waals surface area contributed by atoms with E-state index in [4.69, 9.17) is 5.11 Å². The molecule has 0 radical (unpaired) electrons. The first-order valence-electron chi connectivity index (χ1n) is 5.24. The van der Waals surface area contributed by atoms with E-state index in [0.717, 1.165) is 19.4 Å². The number of fused-ring (bicyclic) bond motifs is 1. The molecular weight excluding hydrogens is 178 g/mol. The van der Waals surface area contributed by atoms with Crippen molar-refractivity contribution in [3.63, 3.8) is 0 Å². The van der Waals surface area contributed by atoms with Gasteiger partial charge in [0.1, 0.15) is 0 Å². The summed E-state index contributed by atoms with van der Waals surface area (Å²) in [6, 6.07) is 0. The maximum absolute atomic E-state index is 10.5. The van der Waals surface area contributed by atoms with Crippen LogP contribution in [0.1, 0.15) is 38.5 Å². The maximum atomic E-state index is 10.5. The Morgan fingerprint density at radius 2 is 2.14 bits per heavy atom. The Morgan fingerprint density at radius 1 is 1.36 bits per heavy atom. The van der Waals surface area contributed by atoms with Crippen molar-refractivity contribution < 1.29 is 9.90 Å². The van der Waals surface area contributed by atoms with E-state index in [1.807, 2.05) is 0 Å². The second-order valence-electron chi connectivity index (χ2n) is 3.95. The zero-order valence-electron chi connectivity index (χ0n) is 8.25. The highest BCUT2D eigenvalue weighted by Crippen LogP contribution is 2.30. The molecule has 14 heavy (non-hydrogen) atoms. The molecule has 0 aromatic rings. The summed E-state index contributed by atoms with van der Waals surface area (Å²) in [4.78, 5) is 14.9. The molecule has 1 N–H and O–H groups in total. The van der Waals surface area contributed by atoms with Gasteiger partial charge in [-0.2, -0.15) is 0 Å². The van der Waals surface area contributed by atoms with E-state index in [2.05, 4.69) is 4.99 Å². The molecule has 76 valence electrons. The predicted octanol–water partition coefficient (Wildman–Crippen LogP) is 2.18. The standard InChI is InChI=1S/C11H15NO2/c13-11(14)6-5-8-7-12-10-4-2-1-3-9(8)10/h1-7H2,(H,13,14). The Morgan fingerprint density at radius 3 is 2.93 bits per heavy atom. The first-order chi connectivity index (χ1) is 6.77. The summed E-state index contributed by atoms with van der Waals surface area (Å²) in [5.41, 5.74) is 3.93. The van der Waals surface area contributed by atoms with Crippen LogP contribution in [0.5, 0.6) is 0 Å². The largest absolute Gasteiger partial charge is 0.481 e. The van der Waals surface area contributed by atoms with Gasteiger partial charge in [-0.1, -0.05) is 0 Å². The molecule has 2 rings (SSSR count). The van der Waals surface area contributed by atoms with Crippen LogP contribution >= 0.6 is 0 Å². The van der Waals surface area contributed by atoms with Crippen molar-refractivity contribution >= 4 is 11.7 Å². The van der Waals surface area contributed by atoms with Gasteiger partial charge >= 0.3 is 5.97 Å². The molecule has 3 nitrogen and oxygen atoms in total. The van der Waals surface area contributed by atoms with Gasteiger partial charge in [0, 0.05) is 12.1 Å². The van der Waals surface area contributed by atoms with E-state index in [9.17, 15) is 4.79 Å². The third kappa shape index (κ3) is 1.86. The van der Waals surface area contributed by atoms with Crippen LogP contribution in [-0.4, -0.2) is 23.3 Å². The summed E-state index contributed by atoms with van der Waals surface area (Å²) in [6.07, 6.45) is 5.65. The van der Waals surface area contributed by atoms with Crippen LogP contribution in [0, 0.1) is 0 Å². The molecule has 2 aliphatic rings. The SMILES string of the molecule is O=C(O)CCC1=C2CCCCC2=NC1. The number of allylic oxidation sites excluding steroid dienone is 1. The van der Waals surface area contributed by atoms with Crippen molar-refractivity contribution in [3.05, 3.63) is 11.1 Å². The normalized spacial score (nSPS) is 20.7. The van der Waals surface area contributed by atoms with Gasteiger partial charge in [0.05, 0.1) is 6.54 Å². The lowest BCUT2D eigenvalue weighted by molar-refractivity contribution is -0.136. The molecule has 1 fully saturated rings. The highest BCUT2D eigenvalue weighted by Gasteiger charge is 2.21. The second kappa shape index (κ2) is 3.95. The zero-order chi connectivity index (χ0) is 9.97. The molecule has 0 unspecified atom stereocenters. The molecule has 0 atom stereocenters.